The molecule has 0 unspecified atom stereocenters. The van der Waals surface area contributed by atoms with Gasteiger partial charge in [0.2, 0.25) is 0 Å². The van der Waals surface area contributed by atoms with E-state index in [4.69, 9.17) is 0 Å². The van der Waals surface area contributed by atoms with Crippen LogP contribution in [0.4, 0.5) is 5.69 Å². The highest BCUT2D eigenvalue weighted by Gasteiger charge is 2.08. The fraction of sp³-hybridized carbons (Fsp3) is 0.0952. The first-order chi connectivity index (χ1) is 12.4. The van der Waals surface area contributed by atoms with Crippen molar-refractivity contribution < 1.29 is 13.2 Å². The van der Waals surface area contributed by atoms with Gasteiger partial charge in [0, 0.05) is 17.5 Å². The summed E-state index contributed by atoms with van der Waals surface area (Å²) in [6.45, 7) is 0. The number of carbonyl (C=O) groups excluding carboxylic acids is 1. The molecule has 0 aliphatic heterocycles. The molecule has 0 aliphatic carbocycles. The number of anilines is 1. The third kappa shape index (κ3) is 4.80. The van der Waals surface area contributed by atoms with Gasteiger partial charge >= 0.3 is 0 Å². The molecule has 5 heteroatoms. The zero-order valence-electron chi connectivity index (χ0n) is 14.3. The Morgan fingerprint density at radius 1 is 0.808 bits per heavy atom. The monoisotopic (exact) mass is 365 g/mol. The highest BCUT2D eigenvalue weighted by Crippen LogP contribution is 2.21. The van der Waals surface area contributed by atoms with E-state index in [-0.39, 0.29) is 11.7 Å². The molecule has 0 saturated heterocycles. The van der Waals surface area contributed by atoms with Gasteiger partial charge in [0.05, 0.1) is 5.75 Å². The number of sulfone groups is 1. The summed E-state index contributed by atoms with van der Waals surface area (Å²) in [6, 6.07) is 24.2. The Hall–Kier alpha value is -2.92. The Morgan fingerprint density at radius 2 is 1.38 bits per heavy atom. The minimum absolute atomic E-state index is 0.0319. The Balaban J connectivity index is 1.68. The molecule has 0 atom stereocenters. The standard InChI is InChI=1S/C21H19NO3S/c1-26(24,25)15-16-7-9-19(10-8-16)21(23)22-20-13-11-18(12-14-20)17-5-3-2-4-6-17/h2-14H,15H2,1H3,(H,22,23). The van der Waals surface area contributed by atoms with E-state index >= 15 is 0 Å². The first-order valence-corrected chi connectivity index (χ1v) is 10.2. The van der Waals surface area contributed by atoms with Crippen molar-refractivity contribution in [3.8, 4) is 11.1 Å². The lowest BCUT2D eigenvalue weighted by Gasteiger charge is -2.08. The molecule has 0 heterocycles. The highest BCUT2D eigenvalue weighted by atomic mass is 32.2. The average Bonchev–Trinajstić information content (AvgIpc) is 2.62. The summed E-state index contributed by atoms with van der Waals surface area (Å²) in [5, 5.41) is 2.85. The van der Waals surface area contributed by atoms with Gasteiger partial charge in [-0.2, -0.15) is 0 Å². The van der Waals surface area contributed by atoms with E-state index in [0.717, 1.165) is 11.1 Å². The number of hydrogen-bond donors (Lipinski definition) is 1. The first kappa shape index (κ1) is 17.9. The molecule has 0 spiro atoms. The molecule has 0 fully saturated rings. The summed E-state index contributed by atoms with van der Waals surface area (Å²) in [4.78, 5) is 12.3. The number of carbonyl (C=O) groups is 1. The number of benzene rings is 3. The Morgan fingerprint density at radius 3 is 1.96 bits per heavy atom. The molecule has 132 valence electrons. The Kier molecular flexibility index (Phi) is 5.19. The first-order valence-electron chi connectivity index (χ1n) is 8.14. The predicted molar refractivity (Wildman–Crippen MR) is 105 cm³/mol. The van der Waals surface area contributed by atoms with E-state index in [1.54, 1.807) is 24.3 Å². The van der Waals surface area contributed by atoms with Crippen molar-refractivity contribution in [3.63, 3.8) is 0 Å². The highest BCUT2D eigenvalue weighted by molar-refractivity contribution is 7.89. The quantitative estimate of drug-likeness (QED) is 0.739. The maximum atomic E-state index is 12.3. The van der Waals surface area contributed by atoms with Crippen molar-refractivity contribution in [3.05, 3.63) is 90.0 Å². The predicted octanol–water partition coefficient (Wildman–Crippen LogP) is 4.15. The molecule has 0 bridgehead atoms. The van der Waals surface area contributed by atoms with Gasteiger partial charge in [-0.05, 0) is 41.0 Å². The zero-order chi connectivity index (χ0) is 18.6. The van der Waals surface area contributed by atoms with Crippen LogP contribution < -0.4 is 5.32 Å². The van der Waals surface area contributed by atoms with E-state index in [0.29, 0.717) is 16.8 Å². The summed E-state index contributed by atoms with van der Waals surface area (Å²) in [5.41, 5.74) is 4.04. The molecule has 26 heavy (non-hydrogen) atoms. The van der Waals surface area contributed by atoms with Crippen LogP contribution in [0.2, 0.25) is 0 Å². The molecule has 4 nitrogen and oxygen atoms in total. The fourth-order valence-electron chi connectivity index (χ4n) is 2.63. The van der Waals surface area contributed by atoms with Crippen LogP contribution >= 0.6 is 0 Å². The minimum atomic E-state index is -3.09. The van der Waals surface area contributed by atoms with Gasteiger partial charge in [-0.3, -0.25) is 4.79 Å². The van der Waals surface area contributed by atoms with Crippen molar-refractivity contribution >= 4 is 21.4 Å². The van der Waals surface area contributed by atoms with Crippen LogP contribution in [0, 0.1) is 0 Å². The number of amides is 1. The summed E-state index contributed by atoms with van der Waals surface area (Å²) in [7, 11) is -3.09. The van der Waals surface area contributed by atoms with Crippen LogP contribution in [0.1, 0.15) is 15.9 Å². The van der Waals surface area contributed by atoms with Crippen LogP contribution in [0.15, 0.2) is 78.9 Å². The smallest absolute Gasteiger partial charge is 0.255 e. The van der Waals surface area contributed by atoms with Crippen molar-refractivity contribution in [1.29, 1.82) is 0 Å². The Bertz CT molecular complexity index is 993. The van der Waals surface area contributed by atoms with Gasteiger partial charge in [0.15, 0.2) is 9.84 Å². The average molecular weight is 365 g/mol. The maximum Gasteiger partial charge on any atom is 0.255 e. The van der Waals surface area contributed by atoms with Gasteiger partial charge in [-0.25, -0.2) is 8.42 Å². The maximum absolute atomic E-state index is 12.3. The SMILES string of the molecule is CS(=O)(=O)Cc1ccc(C(=O)Nc2ccc(-c3ccccc3)cc2)cc1. The number of rotatable bonds is 5. The van der Waals surface area contributed by atoms with Crippen LogP contribution in [0.3, 0.4) is 0 Å². The summed E-state index contributed by atoms with van der Waals surface area (Å²) < 4.78 is 22.6. The van der Waals surface area contributed by atoms with Gasteiger partial charge < -0.3 is 5.32 Å². The minimum Gasteiger partial charge on any atom is -0.322 e. The molecule has 0 aliphatic rings. The molecule has 3 aromatic carbocycles. The van der Waals surface area contributed by atoms with Crippen molar-refractivity contribution in [2.75, 3.05) is 11.6 Å². The lowest BCUT2D eigenvalue weighted by molar-refractivity contribution is 0.102. The molecule has 1 amide bonds. The van der Waals surface area contributed by atoms with Crippen LogP contribution in [-0.4, -0.2) is 20.6 Å². The van der Waals surface area contributed by atoms with Crippen LogP contribution in [0.25, 0.3) is 11.1 Å². The fourth-order valence-corrected chi connectivity index (χ4v) is 3.43. The summed E-state index contributed by atoms with van der Waals surface area (Å²) >= 11 is 0. The Labute approximate surface area is 153 Å². The van der Waals surface area contributed by atoms with Gasteiger partial charge in [0.1, 0.15) is 0 Å². The molecule has 0 saturated carbocycles. The van der Waals surface area contributed by atoms with E-state index in [2.05, 4.69) is 5.32 Å². The summed E-state index contributed by atoms with van der Waals surface area (Å²) in [6.07, 6.45) is 1.19. The molecule has 0 aromatic heterocycles. The lowest BCUT2D eigenvalue weighted by Crippen LogP contribution is -2.12. The molecular formula is C21H19NO3S. The molecule has 3 aromatic rings. The molecular weight excluding hydrogens is 346 g/mol. The van der Waals surface area contributed by atoms with E-state index in [9.17, 15) is 13.2 Å². The lowest BCUT2D eigenvalue weighted by atomic mass is 10.1. The third-order valence-corrected chi connectivity index (χ3v) is 4.75. The van der Waals surface area contributed by atoms with E-state index in [1.165, 1.54) is 6.26 Å². The second-order valence-electron chi connectivity index (χ2n) is 6.16. The zero-order valence-corrected chi connectivity index (χ0v) is 15.2. The molecule has 0 radical (unpaired) electrons. The van der Waals surface area contributed by atoms with Crippen LogP contribution in [-0.2, 0) is 15.6 Å². The molecule has 3 rings (SSSR count). The van der Waals surface area contributed by atoms with Crippen molar-refractivity contribution in [1.82, 2.24) is 0 Å². The second-order valence-corrected chi connectivity index (χ2v) is 8.30. The van der Waals surface area contributed by atoms with Gasteiger partial charge in [-0.1, -0.05) is 54.6 Å². The number of hydrogen-bond acceptors (Lipinski definition) is 3. The summed E-state index contributed by atoms with van der Waals surface area (Å²) in [5.74, 6) is -0.265. The largest absolute Gasteiger partial charge is 0.322 e. The normalized spacial score (nSPS) is 11.1. The van der Waals surface area contributed by atoms with Crippen molar-refractivity contribution in [2.24, 2.45) is 0 Å². The van der Waals surface area contributed by atoms with Gasteiger partial charge in [0.25, 0.3) is 5.91 Å². The van der Waals surface area contributed by atoms with Crippen molar-refractivity contribution in [2.45, 2.75) is 5.75 Å². The topological polar surface area (TPSA) is 63.2 Å². The van der Waals surface area contributed by atoms with E-state index in [1.807, 2.05) is 54.6 Å². The third-order valence-electron chi connectivity index (χ3n) is 3.89. The van der Waals surface area contributed by atoms with E-state index < -0.39 is 9.84 Å². The van der Waals surface area contributed by atoms with Gasteiger partial charge in [-0.15, -0.1) is 0 Å². The number of nitrogens with one attached hydrogen (secondary N) is 1. The van der Waals surface area contributed by atoms with Crippen LogP contribution in [0.5, 0.6) is 0 Å². The second kappa shape index (κ2) is 7.54. The molecule has 1 N–H and O–H groups in total.